The number of ether oxygens (including phenoxy) is 1. The molecule has 0 atom stereocenters. The molecular formula is C19H23IN4O. The van der Waals surface area contributed by atoms with Crippen molar-refractivity contribution in [3.63, 3.8) is 0 Å². The van der Waals surface area contributed by atoms with Gasteiger partial charge in [0.2, 0.25) is 0 Å². The van der Waals surface area contributed by atoms with Crippen molar-refractivity contribution in [1.82, 2.24) is 15.6 Å². The number of guanidine groups is 1. The van der Waals surface area contributed by atoms with E-state index in [2.05, 4.69) is 38.8 Å². The molecule has 0 unspecified atom stereocenters. The number of aliphatic imine (C=N–C) groups is 1. The summed E-state index contributed by atoms with van der Waals surface area (Å²) in [6.07, 6.45) is 0. The van der Waals surface area contributed by atoms with Gasteiger partial charge in [-0.05, 0) is 35.2 Å². The van der Waals surface area contributed by atoms with Crippen molar-refractivity contribution in [2.45, 2.75) is 13.1 Å². The van der Waals surface area contributed by atoms with Crippen LogP contribution in [0.5, 0.6) is 5.75 Å². The third-order valence-electron chi connectivity index (χ3n) is 3.87. The number of rotatable bonds is 5. The van der Waals surface area contributed by atoms with Gasteiger partial charge in [-0.1, -0.05) is 30.3 Å². The molecule has 25 heavy (non-hydrogen) atoms. The van der Waals surface area contributed by atoms with E-state index in [-0.39, 0.29) is 24.0 Å². The molecule has 0 saturated carbocycles. The lowest BCUT2D eigenvalue weighted by Crippen LogP contribution is -2.36. The van der Waals surface area contributed by atoms with Gasteiger partial charge in [-0.15, -0.1) is 24.0 Å². The van der Waals surface area contributed by atoms with Gasteiger partial charge in [0.25, 0.3) is 0 Å². The van der Waals surface area contributed by atoms with Crippen LogP contribution in [0.4, 0.5) is 0 Å². The van der Waals surface area contributed by atoms with Gasteiger partial charge in [0, 0.05) is 24.8 Å². The lowest BCUT2D eigenvalue weighted by Gasteiger charge is -2.11. The summed E-state index contributed by atoms with van der Waals surface area (Å²) in [5, 5.41) is 7.85. The van der Waals surface area contributed by atoms with Crippen molar-refractivity contribution in [2.75, 3.05) is 14.2 Å². The molecule has 0 saturated heterocycles. The maximum absolute atomic E-state index is 5.17. The molecule has 0 spiro atoms. The summed E-state index contributed by atoms with van der Waals surface area (Å²) in [6, 6.07) is 18.4. The fourth-order valence-electron chi connectivity index (χ4n) is 2.56. The monoisotopic (exact) mass is 450 g/mol. The number of nitrogens with one attached hydrogen (secondary N) is 3. The Kier molecular flexibility index (Phi) is 7.12. The number of benzene rings is 2. The highest BCUT2D eigenvalue weighted by Gasteiger charge is 2.02. The van der Waals surface area contributed by atoms with Crippen LogP contribution in [0.3, 0.4) is 0 Å². The lowest BCUT2D eigenvalue weighted by atomic mass is 10.2. The van der Waals surface area contributed by atoms with Crippen LogP contribution in [0.15, 0.2) is 59.6 Å². The Labute approximate surface area is 164 Å². The molecule has 0 fully saturated rings. The van der Waals surface area contributed by atoms with E-state index in [1.807, 2.05) is 36.4 Å². The zero-order valence-corrected chi connectivity index (χ0v) is 16.7. The van der Waals surface area contributed by atoms with E-state index < -0.39 is 0 Å². The van der Waals surface area contributed by atoms with Crippen molar-refractivity contribution in [1.29, 1.82) is 0 Å². The van der Waals surface area contributed by atoms with E-state index in [0.717, 1.165) is 22.9 Å². The highest BCUT2D eigenvalue weighted by molar-refractivity contribution is 14.0. The fraction of sp³-hybridized carbons (Fsp3) is 0.211. The van der Waals surface area contributed by atoms with E-state index in [1.54, 1.807) is 14.2 Å². The second kappa shape index (κ2) is 9.31. The van der Waals surface area contributed by atoms with E-state index >= 15 is 0 Å². The normalized spacial score (nSPS) is 11.0. The van der Waals surface area contributed by atoms with E-state index in [1.165, 1.54) is 10.9 Å². The first-order valence-corrected chi connectivity index (χ1v) is 7.92. The van der Waals surface area contributed by atoms with Crippen molar-refractivity contribution in [3.05, 3.63) is 65.9 Å². The highest BCUT2D eigenvalue weighted by Crippen LogP contribution is 2.14. The van der Waals surface area contributed by atoms with Gasteiger partial charge in [-0.25, -0.2) is 0 Å². The zero-order chi connectivity index (χ0) is 16.8. The second-order valence-corrected chi connectivity index (χ2v) is 5.51. The summed E-state index contributed by atoms with van der Waals surface area (Å²) in [7, 11) is 3.44. The van der Waals surface area contributed by atoms with Crippen LogP contribution in [-0.2, 0) is 13.1 Å². The number of fused-ring (bicyclic) bond motifs is 1. The standard InChI is InChI=1S/C19H22N4O.HI/c1-20-19(21-12-14-7-9-17(24-2)10-8-14)22-13-16-11-15-5-3-4-6-18(15)23-16;/h3-11,23H,12-13H2,1-2H3,(H2,20,21,22);1H. The molecule has 6 heteroatoms. The summed E-state index contributed by atoms with van der Waals surface area (Å²) < 4.78 is 5.17. The largest absolute Gasteiger partial charge is 0.497 e. The van der Waals surface area contributed by atoms with Gasteiger partial charge >= 0.3 is 0 Å². The Hall–Kier alpha value is -2.22. The number of methoxy groups -OCH3 is 1. The van der Waals surface area contributed by atoms with Gasteiger partial charge in [0.15, 0.2) is 5.96 Å². The van der Waals surface area contributed by atoms with E-state index in [4.69, 9.17) is 4.74 Å². The number of para-hydroxylation sites is 1. The molecule has 132 valence electrons. The predicted octanol–water partition coefficient (Wildman–Crippen LogP) is 3.66. The molecule has 3 rings (SSSR count). The summed E-state index contributed by atoms with van der Waals surface area (Å²) in [5.41, 5.74) is 3.45. The number of aromatic amines is 1. The first-order valence-electron chi connectivity index (χ1n) is 7.92. The van der Waals surface area contributed by atoms with Gasteiger partial charge in [0.05, 0.1) is 13.7 Å². The quantitative estimate of drug-likeness (QED) is 0.316. The molecule has 0 amide bonds. The smallest absolute Gasteiger partial charge is 0.191 e. The van der Waals surface area contributed by atoms with Crippen LogP contribution in [-0.4, -0.2) is 25.1 Å². The summed E-state index contributed by atoms with van der Waals surface area (Å²) in [6.45, 7) is 1.40. The maximum atomic E-state index is 5.17. The Morgan fingerprint density at radius 2 is 1.76 bits per heavy atom. The van der Waals surface area contributed by atoms with Gasteiger partial charge in [-0.2, -0.15) is 0 Å². The Balaban J connectivity index is 0.00000225. The number of aromatic nitrogens is 1. The molecule has 0 aliphatic carbocycles. The first kappa shape index (κ1) is 19.1. The van der Waals surface area contributed by atoms with Crippen molar-refractivity contribution in [3.8, 4) is 5.75 Å². The fourth-order valence-corrected chi connectivity index (χ4v) is 2.56. The molecule has 0 bridgehead atoms. The average Bonchev–Trinajstić information content (AvgIpc) is 3.05. The molecule has 3 aromatic rings. The van der Waals surface area contributed by atoms with Crippen molar-refractivity contribution < 1.29 is 4.74 Å². The predicted molar refractivity (Wildman–Crippen MR) is 114 cm³/mol. The van der Waals surface area contributed by atoms with E-state index in [0.29, 0.717) is 13.1 Å². The molecule has 0 radical (unpaired) electrons. The van der Waals surface area contributed by atoms with Crippen LogP contribution in [0.25, 0.3) is 10.9 Å². The zero-order valence-electron chi connectivity index (χ0n) is 14.4. The van der Waals surface area contributed by atoms with Crippen LogP contribution in [0.1, 0.15) is 11.3 Å². The molecule has 1 heterocycles. The SMILES string of the molecule is CN=C(NCc1ccc(OC)cc1)NCc1cc2ccccc2[nH]1.I. The molecule has 0 aliphatic rings. The summed E-state index contributed by atoms with van der Waals surface area (Å²) >= 11 is 0. The topological polar surface area (TPSA) is 61.4 Å². The lowest BCUT2D eigenvalue weighted by molar-refractivity contribution is 0.414. The third-order valence-corrected chi connectivity index (χ3v) is 3.87. The Bertz CT molecular complexity index is 794. The molecule has 3 N–H and O–H groups in total. The van der Waals surface area contributed by atoms with E-state index in [9.17, 15) is 0 Å². The van der Waals surface area contributed by atoms with Crippen LogP contribution < -0.4 is 15.4 Å². The van der Waals surface area contributed by atoms with Crippen LogP contribution in [0.2, 0.25) is 0 Å². The Morgan fingerprint density at radius 3 is 2.44 bits per heavy atom. The number of nitrogens with zero attached hydrogens (tertiary/aromatic N) is 1. The minimum absolute atomic E-state index is 0. The van der Waals surface area contributed by atoms with Crippen LogP contribution >= 0.6 is 24.0 Å². The third kappa shape index (κ3) is 5.12. The number of hydrogen-bond acceptors (Lipinski definition) is 2. The van der Waals surface area contributed by atoms with Crippen LogP contribution in [0, 0.1) is 0 Å². The number of hydrogen-bond donors (Lipinski definition) is 3. The Morgan fingerprint density at radius 1 is 1.04 bits per heavy atom. The minimum atomic E-state index is 0. The number of H-pyrrole nitrogens is 1. The molecule has 2 aromatic carbocycles. The highest BCUT2D eigenvalue weighted by atomic mass is 127. The van der Waals surface area contributed by atoms with Crippen molar-refractivity contribution in [2.24, 2.45) is 4.99 Å². The van der Waals surface area contributed by atoms with Gasteiger partial charge in [0.1, 0.15) is 5.75 Å². The van der Waals surface area contributed by atoms with Gasteiger partial charge < -0.3 is 20.4 Å². The summed E-state index contributed by atoms with van der Waals surface area (Å²) in [4.78, 5) is 7.66. The first-order chi connectivity index (χ1) is 11.8. The molecule has 5 nitrogen and oxygen atoms in total. The second-order valence-electron chi connectivity index (χ2n) is 5.51. The molecular weight excluding hydrogens is 427 g/mol. The molecule has 0 aliphatic heterocycles. The average molecular weight is 450 g/mol. The van der Waals surface area contributed by atoms with Crippen molar-refractivity contribution >= 4 is 40.8 Å². The number of halogens is 1. The summed E-state index contributed by atoms with van der Waals surface area (Å²) in [5.74, 6) is 1.63. The van der Waals surface area contributed by atoms with Gasteiger partial charge in [-0.3, -0.25) is 4.99 Å². The minimum Gasteiger partial charge on any atom is -0.497 e. The maximum Gasteiger partial charge on any atom is 0.191 e. The molecule has 1 aromatic heterocycles.